The van der Waals surface area contributed by atoms with Gasteiger partial charge in [0.1, 0.15) is 0 Å². The lowest BCUT2D eigenvalue weighted by atomic mass is 9.97. The minimum Gasteiger partial charge on any atom is -0.477 e. The van der Waals surface area contributed by atoms with Gasteiger partial charge in [0.2, 0.25) is 11.8 Å². The van der Waals surface area contributed by atoms with Crippen molar-refractivity contribution >= 4 is 28.6 Å². The third kappa shape index (κ3) is 5.72. The van der Waals surface area contributed by atoms with E-state index in [9.17, 15) is 4.79 Å². The summed E-state index contributed by atoms with van der Waals surface area (Å²) >= 11 is 0. The third-order valence-corrected chi connectivity index (χ3v) is 9.52. The Hall–Kier alpha value is -3.92. The van der Waals surface area contributed by atoms with E-state index in [2.05, 4.69) is 57.5 Å². The van der Waals surface area contributed by atoms with E-state index in [0.29, 0.717) is 53.6 Å². The molecule has 2 aliphatic carbocycles. The highest BCUT2D eigenvalue weighted by atomic mass is 16.5. The van der Waals surface area contributed by atoms with Crippen molar-refractivity contribution in [2.45, 2.75) is 70.5 Å². The largest absolute Gasteiger partial charge is 0.477 e. The average molecular weight is 583 g/mol. The summed E-state index contributed by atoms with van der Waals surface area (Å²) in [7, 11) is 6.22. The number of amides is 1. The van der Waals surface area contributed by atoms with Crippen molar-refractivity contribution < 1.29 is 9.53 Å². The first-order valence-electron chi connectivity index (χ1n) is 15.7. The second-order valence-electron chi connectivity index (χ2n) is 12.9. The highest BCUT2D eigenvalue weighted by Crippen LogP contribution is 2.41. The molecule has 10 nitrogen and oxygen atoms in total. The van der Waals surface area contributed by atoms with Crippen molar-refractivity contribution in [3.63, 3.8) is 0 Å². The van der Waals surface area contributed by atoms with Gasteiger partial charge in [0.15, 0.2) is 0 Å². The van der Waals surface area contributed by atoms with E-state index in [4.69, 9.17) is 14.7 Å². The summed E-state index contributed by atoms with van der Waals surface area (Å²) in [6.07, 6.45) is 9.78. The minimum atomic E-state index is -0.202. The molecule has 4 heterocycles. The molecule has 1 amide bonds. The van der Waals surface area contributed by atoms with Gasteiger partial charge in [-0.1, -0.05) is 0 Å². The number of hydrogen-bond acceptors (Lipinski definition) is 7. The second kappa shape index (κ2) is 11.3. The molecule has 4 aromatic rings. The average Bonchev–Trinajstić information content (AvgIpc) is 3.46. The second-order valence-corrected chi connectivity index (χ2v) is 12.9. The van der Waals surface area contributed by atoms with Crippen LogP contribution < -0.4 is 15.4 Å². The van der Waals surface area contributed by atoms with Gasteiger partial charge in [0.25, 0.3) is 5.91 Å². The monoisotopic (exact) mass is 582 g/mol. The standard InChI is InChI=1S/C33H42N8O2/c1-20-14-23-15-29(35-20)27-18-34-40(4)32(27)43-13-5-6-22(21-7-8-21)19-41-30-17-25(36-24-9-11-26(16-24)39(2)3)10-12-28(30)37-33(41)38-31(23)42/h10,12,14-15,17-18,21-22,24,26,36H,5-9,11,13,16,19H2,1-4H3,(H,37,38,42)/t22-,24?,26?/m1/s1. The Morgan fingerprint density at radius 3 is 2.70 bits per heavy atom. The Bertz CT molecular complexity index is 1650. The van der Waals surface area contributed by atoms with Crippen LogP contribution in [0.15, 0.2) is 36.5 Å². The normalized spacial score (nSPS) is 22.8. The first-order chi connectivity index (χ1) is 20.8. The van der Waals surface area contributed by atoms with Crippen LogP contribution in [-0.4, -0.2) is 67.9 Å². The number of nitrogens with zero attached hydrogens (tertiary/aromatic N) is 6. The van der Waals surface area contributed by atoms with Gasteiger partial charge < -0.3 is 19.5 Å². The molecule has 2 unspecified atom stereocenters. The molecule has 43 heavy (non-hydrogen) atoms. The van der Waals surface area contributed by atoms with E-state index in [1.54, 1.807) is 10.9 Å². The Labute approximate surface area is 252 Å². The van der Waals surface area contributed by atoms with Gasteiger partial charge in [0, 0.05) is 42.6 Å². The smallest absolute Gasteiger partial charge is 0.258 e. The lowest BCUT2D eigenvalue weighted by Crippen LogP contribution is -2.26. The van der Waals surface area contributed by atoms with Crippen molar-refractivity contribution in [3.05, 3.63) is 47.8 Å². The third-order valence-electron chi connectivity index (χ3n) is 9.52. The Morgan fingerprint density at radius 2 is 1.91 bits per heavy atom. The highest BCUT2D eigenvalue weighted by Gasteiger charge is 2.33. The topological polar surface area (TPSA) is 102 Å². The number of carbonyl (C=O) groups is 1. The fourth-order valence-electron chi connectivity index (χ4n) is 6.96. The van der Waals surface area contributed by atoms with Crippen LogP contribution in [0.4, 0.5) is 11.6 Å². The SMILES string of the molecule is Cc1cc2cc(n1)-c1cnn(C)c1OCCC[C@@H](C1CC1)Cn1c(nc3ccc(NC4CCC(N(C)C)C4)cc31)NC2=O. The summed E-state index contributed by atoms with van der Waals surface area (Å²) < 4.78 is 10.3. The van der Waals surface area contributed by atoms with E-state index < -0.39 is 0 Å². The molecule has 0 spiro atoms. The van der Waals surface area contributed by atoms with Crippen molar-refractivity contribution in [1.82, 2.24) is 29.2 Å². The molecule has 2 bridgehead atoms. The Morgan fingerprint density at radius 1 is 1.05 bits per heavy atom. The lowest BCUT2D eigenvalue weighted by Gasteiger charge is -2.21. The molecule has 7 rings (SSSR count). The van der Waals surface area contributed by atoms with E-state index in [1.165, 1.54) is 25.7 Å². The van der Waals surface area contributed by atoms with Crippen LogP contribution in [0, 0.1) is 18.8 Å². The maximum Gasteiger partial charge on any atom is 0.258 e. The van der Waals surface area contributed by atoms with Gasteiger partial charge in [0.05, 0.1) is 35.1 Å². The van der Waals surface area contributed by atoms with E-state index in [0.717, 1.165) is 53.8 Å². The van der Waals surface area contributed by atoms with Crippen molar-refractivity contribution in [2.24, 2.45) is 18.9 Å². The summed E-state index contributed by atoms with van der Waals surface area (Å²) in [6, 6.07) is 11.1. The number of anilines is 2. The van der Waals surface area contributed by atoms with Crippen LogP contribution in [0.3, 0.4) is 0 Å². The van der Waals surface area contributed by atoms with Crippen LogP contribution in [0.2, 0.25) is 0 Å². The molecule has 1 aliphatic heterocycles. The quantitative estimate of drug-likeness (QED) is 0.328. The van der Waals surface area contributed by atoms with Gasteiger partial charge in [-0.25, -0.2) is 9.67 Å². The van der Waals surface area contributed by atoms with Gasteiger partial charge in [-0.15, -0.1) is 0 Å². The number of fused-ring (bicyclic) bond motifs is 7. The number of imidazole rings is 1. The van der Waals surface area contributed by atoms with Gasteiger partial charge in [-0.3, -0.25) is 15.1 Å². The zero-order valence-corrected chi connectivity index (χ0v) is 25.6. The fourth-order valence-corrected chi connectivity index (χ4v) is 6.96. The van der Waals surface area contributed by atoms with Crippen molar-refractivity contribution in [3.8, 4) is 17.1 Å². The van der Waals surface area contributed by atoms with Crippen molar-refractivity contribution in [2.75, 3.05) is 31.3 Å². The molecule has 0 saturated heterocycles. The van der Waals surface area contributed by atoms with E-state index >= 15 is 0 Å². The highest BCUT2D eigenvalue weighted by molar-refractivity contribution is 6.05. The molecule has 0 radical (unpaired) electrons. The predicted octanol–water partition coefficient (Wildman–Crippen LogP) is 5.49. The van der Waals surface area contributed by atoms with Gasteiger partial charge in [-0.05, 0) is 108 Å². The molecular weight excluding hydrogens is 540 g/mol. The zero-order valence-electron chi connectivity index (χ0n) is 25.6. The van der Waals surface area contributed by atoms with E-state index in [-0.39, 0.29) is 5.91 Å². The summed E-state index contributed by atoms with van der Waals surface area (Å²) in [6.45, 7) is 3.32. The molecule has 3 aromatic heterocycles. The molecule has 2 saturated carbocycles. The molecule has 3 atom stereocenters. The van der Waals surface area contributed by atoms with Gasteiger partial charge in [-0.2, -0.15) is 5.10 Å². The van der Waals surface area contributed by atoms with Gasteiger partial charge >= 0.3 is 0 Å². The Kier molecular flexibility index (Phi) is 7.33. The maximum absolute atomic E-state index is 13.8. The molecule has 3 aliphatic rings. The summed E-state index contributed by atoms with van der Waals surface area (Å²) in [5, 5.41) is 11.4. The number of carbonyl (C=O) groups excluding carboxylic acids is 1. The molecule has 226 valence electrons. The summed E-state index contributed by atoms with van der Waals surface area (Å²) in [5.74, 6) is 2.24. The number of hydrogen-bond donors (Lipinski definition) is 2. The number of aromatic nitrogens is 5. The molecule has 2 N–H and O–H groups in total. The summed E-state index contributed by atoms with van der Waals surface area (Å²) in [4.78, 5) is 25.8. The first kappa shape index (κ1) is 27.9. The molecule has 1 aromatic carbocycles. The number of rotatable bonds is 4. The number of aryl methyl sites for hydroxylation is 2. The van der Waals surface area contributed by atoms with Crippen LogP contribution >= 0.6 is 0 Å². The van der Waals surface area contributed by atoms with Crippen LogP contribution in [0.5, 0.6) is 5.88 Å². The minimum absolute atomic E-state index is 0.202. The van der Waals surface area contributed by atoms with Crippen LogP contribution in [0.25, 0.3) is 22.3 Å². The molecule has 2 fully saturated rings. The van der Waals surface area contributed by atoms with E-state index in [1.807, 2.05) is 26.1 Å². The first-order valence-corrected chi connectivity index (χ1v) is 15.7. The Balaban J connectivity index is 1.25. The number of benzene rings is 1. The molecular formula is C33H42N8O2. The molecule has 10 heteroatoms. The summed E-state index contributed by atoms with van der Waals surface area (Å²) in [5.41, 5.74) is 5.81. The number of ether oxygens (including phenoxy) is 1. The fraction of sp³-hybridized carbons (Fsp3) is 0.515. The number of pyridine rings is 1. The van der Waals surface area contributed by atoms with Crippen molar-refractivity contribution in [1.29, 1.82) is 0 Å². The van der Waals surface area contributed by atoms with Crippen LogP contribution in [0.1, 0.15) is 61.0 Å². The number of nitrogens with one attached hydrogen (secondary N) is 2. The predicted molar refractivity (Wildman–Crippen MR) is 169 cm³/mol. The lowest BCUT2D eigenvalue weighted by molar-refractivity contribution is 0.102. The van der Waals surface area contributed by atoms with Crippen LogP contribution in [-0.2, 0) is 13.6 Å². The maximum atomic E-state index is 13.8. The zero-order chi connectivity index (χ0) is 29.7.